The Morgan fingerprint density at radius 1 is 1.13 bits per heavy atom. The van der Waals surface area contributed by atoms with Crippen molar-refractivity contribution in [2.45, 2.75) is 19.5 Å². The highest BCUT2D eigenvalue weighted by Crippen LogP contribution is 2.29. The molecule has 7 nitrogen and oxygen atoms in total. The highest BCUT2D eigenvalue weighted by atomic mass is 16.2. The van der Waals surface area contributed by atoms with E-state index in [1.54, 1.807) is 41.0 Å². The Morgan fingerprint density at radius 2 is 1.91 bits per heavy atom. The van der Waals surface area contributed by atoms with Gasteiger partial charge in [0.25, 0.3) is 11.5 Å². The van der Waals surface area contributed by atoms with Crippen LogP contribution < -0.4 is 5.56 Å². The predicted molar refractivity (Wildman–Crippen MR) is 84.5 cm³/mol. The maximum absolute atomic E-state index is 13.0. The normalized spacial score (nSPS) is 16.1. The van der Waals surface area contributed by atoms with Crippen molar-refractivity contribution in [1.82, 2.24) is 24.0 Å². The van der Waals surface area contributed by atoms with Crippen LogP contribution in [0, 0.1) is 0 Å². The van der Waals surface area contributed by atoms with Crippen LogP contribution in [0.3, 0.4) is 0 Å². The summed E-state index contributed by atoms with van der Waals surface area (Å²) >= 11 is 0. The van der Waals surface area contributed by atoms with E-state index in [1.165, 1.54) is 10.9 Å². The van der Waals surface area contributed by atoms with Gasteiger partial charge in [-0.05, 0) is 32.0 Å². The number of carbonyl (C=O) groups excluding carboxylic acids is 1. The molecule has 0 saturated heterocycles. The summed E-state index contributed by atoms with van der Waals surface area (Å²) in [4.78, 5) is 35.1. The fourth-order valence-corrected chi connectivity index (χ4v) is 3.06. The topological polar surface area (TPSA) is 73.0 Å². The third-order valence-electron chi connectivity index (χ3n) is 4.56. The molecular formula is C16H15N5O2. The monoisotopic (exact) mass is 309 g/mol. The number of aromatic nitrogens is 4. The third kappa shape index (κ3) is 1.64. The Bertz CT molecular complexity index is 1010. The Balaban J connectivity index is 2.03. The summed E-state index contributed by atoms with van der Waals surface area (Å²) in [6.07, 6.45) is 4.94. The standard InChI is InChI=1S/C16H15N5O2/c1-16(2)19(3)14(22)12-5-4-11(15(23)21(12)16)20-7-6-10-8-17-9-18-13(10)20/h4-9H,1-3H3. The van der Waals surface area contributed by atoms with Crippen molar-refractivity contribution in [1.29, 1.82) is 0 Å². The summed E-state index contributed by atoms with van der Waals surface area (Å²) in [7, 11) is 1.70. The van der Waals surface area contributed by atoms with Crippen molar-refractivity contribution in [3.05, 3.63) is 53.0 Å². The van der Waals surface area contributed by atoms with Crippen LogP contribution in [0.15, 0.2) is 41.7 Å². The first-order chi connectivity index (χ1) is 10.9. The lowest BCUT2D eigenvalue weighted by Crippen LogP contribution is -2.43. The van der Waals surface area contributed by atoms with E-state index in [1.807, 2.05) is 19.9 Å². The third-order valence-corrected chi connectivity index (χ3v) is 4.56. The van der Waals surface area contributed by atoms with Crippen molar-refractivity contribution >= 4 is 16.9 Å². The van der Waals surface area contributed by atoms with Crippen LogP contribution in [0.1, 0.15) is 24.3 Å². The zero-order valence-corrected chi connectivity index (χ0v) is 13.0. The van der Waals surface area contributed by atoms with Crippen LogP contribution >= 0.6 is 0 Å². The molecule has 0 aliphatic carbocycles. The molecule has 0 atom stereocenters. The molecule has 7 heteroatoms. The zero-order valence-electron chi connectivity index (χ0n) is 13.0. The second-order valence-electron chi connectivity index (χ2n) is 6.09. The van der Waals surface area contributed by atoms with Gasteiger partial charge in [-0.25, -0.2) is 9.97 Å². The molecule has 1 aliphatic heterocycles. The lowest BCUT2D eigenvalue weighted by Gasteiger charge is -2.29. The van der Waals surface area contributed by atoms with Crippen LogP contribution in [0.25, 0.3) is 16.7 Å². The van der Waals surface area contributed by atoms with Gasteiger partial charge in [0.15, 0.2) is 0 Å². The summed E-state index contributed by atoms with van der Waals surface area (Å²) in [6.45, 7) is 3.70. The summed E-state index contributed by atoms with van der Waals surface area (Å²) < 4.78 is 3.27. The molecule has 0 spiro atoms. The van der Waals surface area contributed by atoms with Gasteiger partial charge in [-0.3, -0.25) is 18.7 Å². The highest BCUT2D eigenvalue weighted by Gasteiger charge is 2.41. The summed E-state index contributed by atoms with van der Waals surface area (Å²) in [5.41, 5.74) is 0.586. The first-order valence-corrected chi connectivity index (χ1v) is 7.25. The Labute approximate surface area is 131 Å². The molecule has 1 aliphatic rings. The number of rotatable bonds is 1. The Morgan fingerprint density at radius 3 is 2.70 bits per heavy atom. The van der Waals surface area contributed by atoms with E-state index in [-0.39, 0.29) is 11.5 Å². The van der Waals surface area contributed by atoms with Gasteiger partial charge >= 0.3 is 0 Å². The molecule has 0 N–H and O–H groups in total. The molecule has 0 radical (unpaired) electrons. The maximum Gasteiger partial charge on any atom is 0.277 e. The minimum atomic E-state index is -0.711. The fraction of sp³-hybridized carbons (Fsp3) is 0.250. The van der Waals surface area contributed by atoms with Gasteiger partial charge in [0, 0.05) is 24.8 Å². The summed E-state index contributed by atoms with van der Waals surface area (Å²) in [6, 6.07) is 5.22. The molecule has 23 heavy (non-hydrogen) atoms. The van der Waals surface area contributed by atoms with Crippen LogP contribution in [-0.2, 0) is 5.66 Å². The van der Waals surface area contributed by atoms with E-state index >= 15 is 0 Å². The van der Waals surface area contributed by atoms with Crippen LogP contribution in [0.4, 0.5) is 0 Å². The van der Waals surface area contributed by atoms with Crippen molar-refractivity contribution in [2.75, 3.05) is 7.05 Å². The van der Waals surface area contributed by atoms with Gasteiger partial charge in [-0.2, -0.15) is 0 Å². The van der Waals surface area contributed by atoms with E-state index in [2.05, 4.69) is 9.97 Å². The molecule has 0 aromatic carbocycles. The van der Waals surface area contributed by atoms with Crippen molar-refractivity contribution in [3.63, 3.8) is 0 Å². The van der Waals surface area contributed by atoms with E-state index in [9.17, 15) is 9.59 Å². The molecule has 0 bridgehead atoms. The number of carbonyl (C=O) groups is 1. The van der Waals surface area contributed by atoms with Crippen molar-refractivity contribution in [3.8, 4) is 5.69 Å². The van der Waals surface area contributed by atoms with Gasteiger partial charge in [0.1, 0.15) is 29.0 Å². The maximum atomic E-state index is 13.0. The molecule has 0 fully saturated rings. The Hall–Kier alpha value is -2.96. The number of nitrogens with zero attached hydrogens (tertiary/aromatic N) is 5. The number of hydrogen-bond acceptors (Lipinski definition) is 4. The second-order valence-corrected chi connectivity index (χ2v) is 6.09. The number of hydrogen-bond donors (Lipinski definition) is 0. The summed E-state index contributed by atoms with van der Waals surface area (Å²) in [5.74, 6) is -0.154. The SMILES string of the molecule is CN1C(=O)c2ccc(-n3ccc4cncnc43)c(=O)n2C1(C)C. The van der Waals surface area contributed by atoms with E-state index < -0.39 is 5.66 Å². The van der Waals surface area contributed by atoms with E-state index in [0.717, 1.165) is 5.39 Å². The van der Waals surface area contributed by atoms with Gasteiger partial charge in [0.2, 0.25) is 0 Å². The Kier molecular flexibility index (Phi) is 2.55. The molecule has 0 unspecified atom stereocenters. The number of pyridine rings is 1. The molecule has 3 aromatic heterocycles. The van der Waals surface area contributed by atoms with Crippen molar-refractivity contribution < 1.29 is 4.79 Å². The molecule has 116 valence electrons. The molecule has 1 amide bonds. The molecule has 4 rings (SSSR count). The molecule has 0 saturated carbocycles. The summed E-state index contributed by atoms with van der Waals surface area (Å²) in [5, 5.41) is 0.852. The van der Waals surface area contributed by atoms with Gasteiger partial charge in [0.05, 0.1) is 0 Å². The van der Waals surface area contributed by atoms with Gasteiger partial charge < -0.3 is 4.90 Å². The lowest BCUT2D eigenvalue weighted by molar-refractivity contribution is 0.0607. The zero-order chi connectivity index (χ0) is 16.4. The van der Waals surface area contributed by atoms with Crippen LogP contribution in [0.2, 0.25) is 0 Å². The minimum Gasteiger partial charge on any atom is -0.317 e. The predicted octanol–water partition coefficient (Wildman–Crippen LogP) is 1.36. The first-order valence-electron chi connectivity index (χ1n) is 7.25. The average Bonchev–Trinajstić information content (AvgIpc) is 3.03. The smallest absolute Gasteiger partial charge is 0.277 e. The number of fused-ring (bicyclic) bond motifs is 2. The van der Waals surface area contributed by atoms with E-state index in [4.69, 9.17) is 0 Å². The van der Waals surface area contributed by atoms with Crippen LogP contribution in [-0.4, -0.2) is 37.0 Å². The molecular weight excluding hydrogens is 294 g/mol. The lowest BCUT2D eigenvalue weighted by atomic mass is 10.2. The number of amides is 1. The molecule has 3 aromatic rings. The highest BCUT2D eigenvalue weighted by molar-refractivity contribution is 5.95. The largest absolute Gasteiger partial charge is 0.317 e. The van der Waals surface area contributed by atoms with Gasteiger partial charge in [-0.1, -0.05) is 0 Å². The quantitative estimate of drug-likeness (QED) is 0.680. The second kappa shape index (κ2) is 4.28. The first kappa shape index (κ1) is 13.7. The molecule has 4 heterocycles. The minimum absolute atomic E-state index is 0.154. The van der Waals surface area contributed by atoms with E-state index in [0.29, 0.717) is 17.0 Å². The van der Waals surface area contributed by atoms with Crippen LogP contribution in [0.5, 0.6) is 0 Å². The van der Waals surface area contributed by atoms with Crippen molar-refractivity contribution in [2.24, 2.45) is 0 Å². The van der Waals surface area contributed by atoms with Gasteiger partial charge in [-0.15, -0.1) is 0 Å². The fourth-order valence-electron chi connectivity index (χ4n) is 3.06. The average molecular weight is 309 g/mol.